The number of hydrogen-bond donors (Lipinski definition) is 0. The molecule has 98 valence electrons. The van der Waals surface area contributed by atoms with Crippen molar-refractivity contribution in [3.63, 3.8) is 0 Å². The maximum Gasteiger partial charge on any atom is 0.288 e. The van der Waals surface area contributed by atoms with E-state index < -0.39 is 4.92 Å². The Morgan fingerprint density at radius 1 is 1.56 bits per heavy atom. The number of nitrogens with zero attached hydrogens (tertiary/aromatic N) is 2. The molecule has 0 radical (unpaired) electrons. The second kappa shape index (κ2) is 6.32. The molecule has 0 unspecified atom stereocenters. The Bertz CT molecular complexity index is 464. The van der Waals surface area contributed by atoms with Crippen LogP contribution >= 0.6 is 11.6 Å². The molecule has 1 aromatic carbocycles. The summed E-state index contributed by atoms with van der Waals surface area (Å²) < 4.78 is 4.86. The van der Waals surface area contributed by atoms with Gasteiger partial charge >= 0.3 is 0 Å². The first kappa shape index (κ1) is 14.4. The molecule has 0 saturated heterocycles. The molecule has 18 heavy (non-hydrogen) atoms. The summed E-state index contributed by atoms with van der Waals surface area (Å²) >= 11 is 5.86. The van der Waals surface area contributed by atoms with E-state index in [4.69, 9.17) is 16.3 Å². The molecule has 1 amide bonds. The third-order valence-electron chi connectivity index (χ3n) is 2.38. The molecular weight excluding hydrogens is 260 g/mol. The minimum absolute atomic E-state index is 0.115. The molecule has 0 heterocycles. The van der Waals surface area contributed by atoms with Gasteiger partial charge in [-0.2, -0.15) is 0 Å². The van der Waals surface area contributed by atoms with E-state index in [0.717, 1.165) is 0 Å². The van der Waals surface area contributed by atoms with Gasteiger partial charge in [-0.05, 0) is 6.07 Å². The highest BCUT2D eigenvalue weighted by Gasteiger charge is 2.21. The van der Waals surface area contributed by atoms with Crippen molar-refractivity contribution in [2.24, 2.45) is 0 Å². The first-order chi connectivity index (χ1) is 8.49. The van der Waals surface area contributed by atoms with Gasteiger partial charge in [0.1, 0.15) is 5.02 Å². The molecule has 0 bridgehead atoms. The van der Waals surface area contributed by atoms with E-state index in [1.165, 1.54) is 30.2 Å². The average Bonchev–Trinajstić information content (AvgIpc) is 2.35. The monoisotopic (exact) mass is 272 g/mol. The molecule has 0 aliphatic carbocycles. The predicted octanol–water partition coefficient (Wildman–Crippen LogP) is 1.97. The Morgan fingerprint density at radius 3 is 2.78 bits per heavy atom. The molecule has 0 atom stereocenters. The first-order valence-corrected chi connectivity index (χ1v) is 5.54. The van der Waals surface area contributed by atoms with Crippen molar-refractivity contribution in [1.29, 1.82) is 0 Å². The third-order valence-corrected chi connectivity index (χ3v) is 2.78. The zero-order chi connectivity index (χ0) is 13.7. The van der Waals surface area contributed by atoms with Crippen LogP contribution in [0.5, 0.6) is 0 Å². The van der Waals surface area contributed by atoms with Gasteiger partial charge < -0.3 is 9.64 Å². The number of rotatable bonds is 5. The lowest BCUT2D eigenvalue weighted by Gasteiger charge is -2.17. The summed E-state index contributed by atoms with van der Waals surface area (Å²) in [4.78, 5) is 23.5. The van der Waals surface area contributed by atoms with Gasteiger partial charge in [0, 0.05) is 26.8 Å². The van der Waals surface area contributed by atoms with Gasteiger partial charge in [0.2, 0.25) is 0 Å². The van der Waals surface area contributed by atoms with Gasteiger partial charge in [-0.25, -0.2) is 0 Å². The van der Waals surface area contributed by atoms with Gasteiger partial charge in [0.15, 0.2) is 0 Å². The number of likely N-dealkylation sites (N-methyl/N-ethyl adjacent to an activating group) is 1. The number of amides is 1. The molecule has 0 fully saturated rings. The van der Waals surface area contributed by atoms with Crippen LogP contribution in [0.1, 0.15) is 10.4 Å². The number of benzene rings is 1. The molecular formula is C11H13ClN2O4. The molecule has 0 aromatic heterocycles. The Labute approximate surface area is 109 Å². The highest BCUT2D eigenvalue weighted by Crippen LogP contribution is 2.28. The third kappa shape index (κ3) is 3.18. The number of carbonyl (C=O) groups is 1. The van der Waals surface area contributed by atoms with E-state index in [2.05, 4.69) is 0 Å². The predicted molar refractivity (Wildman–Crippen MR) is 66.9 cm³/mol. The van der Waals surface area contributed by atoms with Crippen molar-refractivity contribution in [3.05, 3.63) is 38.9 Å². The van der Waals surface area contributed by atoms with Crippen molar-refractivity contribution in [3.8, 4) is 0 Å². The maximum atomic E-state index is 12.0. The zero-order valence-corrected chi connectivity index (χ0v) is 10.8. The molecule has 7 heteroatoms. The highest BCUT2D eigenvalue weighted by molar-refractivity contribution is 6.35. The van der Waals surface area contributed by atoms with Gasteiger partial charge in [0.05, 0.1) is 17.1 Å². The standard InChI is InChI=1S/C11H13ClN2O4/c1-13(6-7-18-2)11(15)8-4-3-5-9(10(8)12)14(16)17/h3-5H,6-7H2,1-2H3. The average molecular weight is 273 g/mol. The lowest BCUT2D eigenvalue weighted by molar-refractivity contribution is -0.384. The largest absolute Gasteiger partial charge is 0.383 e. The fraction of sp³-hybridized carbons (Fsp3) is 0.364. The van der Waals surface area contributed by atoms with Crippen LogP contribution in [0.25, 0.3) is 0 Å². The summed E-state index contributed by atoms with van der Waals surface area (Å²) in [5.74, 6) is -0.374. The number of methoxy groups -OCH3 is 1. The van der Waals surface area contributed by atoms with Crippen molar-refractivity contribution in [1.82, 2.24) is 4.90 Å². The lowest BCUT2D eigenvalue weighted by Crippen LogP contribution is -2.30. The summed E-state index contributed by atoms with van der Waals surface area (Å²) in [6.45, 7) is 0.767. The van der Waals surface area contributed by atoms with Crippen molar-refractivity contribution >= 4 is 23.2 Å². The number of ether oxygens (including phenoxy) is 1. The normalized spacial score (nSPS) is 10.2. The Kier molecular flexibility index (Phi) is 5.06. The first-order valence-electron chi connectivity index (χ1n) is 5.16. The molecule has 0 saturated carbocycles. The number of hydrogen-bond acceptors (Lipinski definition) is 4. The molecule has 0 spiro atoms. The van der Waals surface area contributed by atoms with Crippen LogP contribution in [0.3, 0.4) is 0 Å². The van der Waals surface area contributed by atoms with Crippen molar-refractivity contribution in [2.45, 2.75) is 0 Å². The van der Waals surface area contributed by atoms with E-state index in [0.29, 0.717) is 13.2 Å². The van der Waals surface area contributed by atoms with Crippen molar-refractivity contribution < 1.29 is 14.5 Å². The molecule has 0 aliphatic heterocycles. The molecule has 1 aromatic rings. The molecule has 1 rings (SSSR count). The zero-order valence-electron chi connectivity index (χ0n) is 10.1. The maximum absolute atomic E-state index is 12.0. The van der Waals surface area contributed by atoms with Crippen LogP contribution < -0.4 is 0 Å². The van der Waals surface area contributed by atoms with Crippen LogP contribution in [0.4, 0.5) is 5.69 Å². The highest BCUT2D eigenvalue weighted by atomic mass is 35.5. The summed E-state index contributed by atoms with van der Waals surface area (Å²) in [5.41, 5.74) is -0.160. The Balaban J connectivity index is 2.99. The van der Waals surface area contributed by atoms with Crippen LogP contribution in [0.15, 0.2) is 18.2 Å². The van der Waals surface area contributed by atoms with Crippen LogP contribution in [-0.4, -0.2) is 43.0 Å². The van der Waals surface area contributed by atoms with E-state index in [1.807, 2.05) is 0 Å². The van der Waals surface area contributed by atoms with Gasteiger partial charge in [-0.15, -0.1) is 0 Å². The number of nitro benzene ring substituents is 1. The van der Waals surface area contributed by atoms with Gasteiger partial charge in [-0.1, -0.05) is 17.7 Å². The second-order valence-electron chi connectivity index (χ2n) is 3.62. The van der Waals surface area contributed by atoms with E-state index in [1.54, 1.807) is 7.05 Å². The summed E-state index contributed by atoms with van der Waals surface area (Å²) in [5, 5.41) is 10.6. The quantitative estimate of drug-likeness (QED) is 0.607. The Morgan fingerprint density at radius 2 is 2.22 bits per heavy atom. The minimum atomic E-state index is -0.617. The van der Waals surface area contributed by atoms with E-state index >= 15 is 0 Å². The summed E-state index contributed by atoms with van der Waals surface area (Å²) in [7, 11) is 3.11. The minimum Gasteiger partial charge on any atom is -0.383 e. The number of carbonyl (C=O) groups excluding carboxylic acids is 1. The number of nitro groups is 1. The van der Waals surface area contributed by atoms with E-state index in [-0.39, 0.29) is 22.2 Å². The lowest BCUT2D eigenvalue weighted by atomic mass is 10.1. The topological polar surface area (TPSA) is 72.7 Å². The fourth-order valence-electron chi connectivity index (χ4n) is 1.36. The fourth-order valence-corrected chi connectivity index (χ4v) is 1.64. The Hall–Kier alpha value is -1.66. The van der Waals surface area contributed by atoms with Crippen LogP contribution in [-0.2, 0) is 4.74 Å². The van der Waals surface area contributed by atoms with E-state index in [9.17, 15) is 14.9 Å². The molecule has 0 aliphatic rings. The summed E-state index contributed by atoms with van der Waals surface area (Å²) in [6, 6.07) is 4.15. The molecule has 6 nitrogen and oxygen atoms in total. The second-order valence-corrected chi connectivity index (χ2v) is 3.99. The van der Waals surface area contributed by atoms with Gasteiger partial charge in [0.25, 0.3) is 11.6 Å². The number of halogens is 1. The van der Waals surface area contributed by atoms with Crippen LogP contribution in [0, 0.1) is 10.1 Å². The molecule has 0 N–H and O–H groups in total. The SMILES string of the molecule is COCCN(C)C(=O)c1cccc([N+](=O)[O-])c1Cl. The van der Waals surface area contributed by atoms with Crippen LogP contribution in [0.2, 0.25) is 5.02 Å². The van der Waals surface area contributed by atoms with Crippen molar-refractivity contribution in [2.75, 3.05) is 27.3 Å². The summed E-state index contributed by atoms with van der Waals surface area (Å²) in [6.07, 6.45) is 0. The smallest absolute Gasteiger partial charge is 0.288 e. The van der Waals surface area contributed by atoms with Gasteiger partial charge in [-0.3, -0.25) is 14.9 Å².